The summed E-state index contributed by atoms with van der Waals surface area (Å²) in [6, 6.07) is 5.61. The van der Waals surface area contributed by atoms with Gasteiger partial charge in [0.2, 0.25) is 0 Å². The first kappa shape index (κ1) is 18.5. The summed E-state index contributed by atoms with van der Waals surface area (Å²) in [6.07, 6.45) is 1.58. The third-order valence-corrected chi connectivity index (χ3v) is 3.56. The molecule has 4 heteroatoms. The molecule has 1 atom stereocenters. The summed E-state index contributed by atoms with van der Waals surface area (Å²) >= 11 is 0. The Balaban J connectivity index is 2.88. The van der Waals surface area contributed by atoms with E-state index >= 15 is 0 Å². The predicted octanol–water partition coefficient (Wildman–Crippen LogP) is 4.17. The first-order valence-corrected chi connectivity index (χ1v) is 7.92. The lowest BCUT2D eigenvalue weighted by Gasteiger charge is -2.30. The molecule has 0 aliphatic rings. The summed E-state index contributed by atoms with van der Waals surface area (Å²) in [6.45, 7) is 10.6. The Kier molecular flexibility index (Phi) is 6.88. The van der Waals surface area contributed by atoms with Gasteiger partial charge in [0.25, 0.3) is 5.91 Å². The van der Waals surface area contributed by atoms with E-state index < -0.39 is 5.60 Å². The van der Waals surface area contributed by atoms with E-state index in [1.165, 1.54) is 0 Å². The van der Waals surface area contributed by atoms with Crippen LogP contribution < -0.4 is 10.1 Å². The van der Waals surface area contributed by atoms with Gasteiger partial charge in [0, 0.05) is 12.3 Å². The number of amides is 1. The second-order valence-electron chi connectivity index (χ2n) is 6.32. The number of benzene rings is 1. The maximum absolute atomic E-state index is 12.7. The van der Waals surface area contributed by atoms with Gasteiger partial charge in [0.05, 0.1) is 7.11 Å². The molecular formula is C18H29NO3. The molecule has 1 rings (SSSR count). The number of carbonyl (C=O) groups excluding carboxylic acids is 1. The van der Waals surface area contributed by atoms with Crippen LogP contribution in [0.4, 0.5) is 5.69 Å². The van der Waals surface area contributed by atoms with Crippen molar-refractivity contribution in [3.05, 3.63) is 23.8 Å². The van der Waals surface area contributed by atoms with Gasteiger partial charge in [-0.05, 0) is 56.4 Å². The number of carbonyl (C=O) groups is 1. The van der Waals surface area contributed by atoms with Crippen LogP contribution in [0.3, 0.4) is 0 Å². The third-order valence-electron chi connectivity index (χ3n) is 3.56. The van der Waals surface area contributed by atoms with Crippen molar-refractivity contribution < 1.29 is 14.3 Å². The summed E-state index contributed by atoms with van der Waals surface area (Å²) in [5.41, 5.74) is 0.941. The van der Waals surface area contributed by atoms with Crippen LogP contribution in [0.1, 0.15) is 46.1 Å². The molecule has 124 valence electrons. The first-order valence-electron chi connectivity index (χ1n) is 7.92. The molecule has 0 aliphatic carbocycles. The van der Waals surface area contributed by atoms with E-state index in [0.717, 1.165) is 23.4 Å². The number of aryl methyl sites for hydroxylation is 1. The topological polar surface area (TPSA) is 47.6 Å². The predicted molar refractivity (Wildman–Crippen MR) is 90.5 cm³/mol. The van der Waals surface area contributed by atoms with Crippen LogP contribution in [0, 0.1) is 12.8 Å². The van der Waals surface area contributed by atoms with Gasteiger partial charge in [-0.3, -0.25) is 4.79 Å². The molecule has 4 nitrogen and oxygen atoms in total. The highest BCUT2D eigenvalue weighted by Crippen LogP contribution is 2.26. The summed E-state index contributed by atoms with van der Waals surface area (Å²) in [5.74, 6) is 1.09. The highest BCUT2D eigenvalue weighted by atomic mass is 16.5. The van der Waals surface area contributed by atoms with Crippen LogP contribution in [0.5, 0.6) is 5.75 Å². The Morgan fingerprint density at radius 2 is 2.05 bits per heavy atom. The van der Waals surface area contributed by atoms with Crippen LogP contribution in [0.15, 0.2) is 18.2 Å². The van der Waals surface area contributed by atoms with Crippen LogP contribution in [-0.2, 0) is 9.53 Å². The van der Waals surface area contributed by atoms with Crippen LogP contribution >= 0.6 is 0 Å². The molecule has 0 saturated heterocycles. The van der Waals surface area contributed by atoms with E-state index in [1.54, 1.807) is 7.11 Å². The number of rotatable bonds is 8. The third kappa shape index (κ3) is 5.02. The summed E-state index contributed by atoms with van der Waals surface area (Å²) in [7, 11) is 1.64. The zero-order valence-electron chi connectivity index (χ0n) is 14.7. The zero-order chi connectivity index (χ0) is 16.8. The Bertz CT molecular complexity index is 499. The molecular weight excluding hydrogens is 278 g/mol. The van der Waals surface area contributed by atoms with Crippen molar-refractivity contribution in [1.29, 1.82) is 0 Å². The maximum Gasteiger partial charge on any atom is 0.256 e. The van der Waals surface area contributed by atoms with E-state index in [-0.39, 0.29) is 5.91 Å². The number of ether oxygens (including phenoxy) is 2. The molecule has 0 fully saturated rings. The minimum Gasteiger partial charge on any atom is -0.496 e. The molecule has 1 aromatic rings. The van der Waals surface area contributed by atoms with E-state index in [4.69, 9.17) is 9.47 Å². The smallest absolute Gasteiger partial charge is 0.256 e. The number of nitrogens with one attached hydrogen (secondary N) is 1. The van der Waals surface area contributed by atoms with Crippen molar-refractivity contribution in [2.24, 2.45) is 5.92 Å². The normalized spacial score (nSPS) is 13.8. The Morgan fingerprint density at radius 1 is 1.36 bits per heavy atom. The van der Waals surface area contributed by atoms with E-state index in [0.29, 0.717) is 18.9 Å². The van der Waals surface area contributed by atoms with Gasteiger partial charge >= 0.3 is 0 Å². The van der Waals surface area contributed by atoms with Crippen molar-refractivity contribution in [2.75, 3.05) is 19.0 Å². The molecule has 0 spiro atoms. The van der Waals surface area contributed by atoms with Gasteiger partial charge < -0.3 is 14.8 Å². The highest BCUT2D eigenvalue weighted by molar-refractivity contribution is 5.97. The average Bonchev–Trinajstić information content (AvgIpc) is 2.44. The summed E-state index contributed by atoms with van der Waals surface area (Å²) in [4.78, 5) is 12.7. The lowest BCUT2D eigenvalue weighted by atomic mass is 9.93. The van der Waals surface area contributed by atoms with Gasteiger partial charge in [0.1, 0.15) is 11.4 Å². The number of hydrogen-bond donors (Lipinski definition) is 1. The molecule has 0 saturated carbocycles. The molecule has 0 aliphatic heterocycles. The number of methoxy groups -OCH3 is 1. The van der Waals surface area contributed by atoms with Crippen molar-refractivity contribution in [3.8, 4) is 5.75 Å². The molecule has 0 radical (unpaired) electrons. The van der Waals surface area contributed by atoms with Crippen LogP contribution in [0.2, 0.25) is 0 Å². The Hall–Kier alpha value is -1.55. The molecule has 1 amide bonds. The summed E-state index contributed by atoms with van der Waals surface area (Å²) in [5, 5.41) is 2.97. The molecule has 1 aromatic carbocycles. The zero-order valence-corrected chi connectivity index (χ0v) is 14.7. The van der Waals surface area contributed by atoms with Crippen molar-refractivity contribution in [2.45, 2.75) is 53.1 Å². The number of anilines is 1. The fraction of sp³-hybridized carbons (Fsp3) is 0.611. The quantitative estimate of drug-likeness (QED) is 0.784. The minimum atomic E-state index is -0.808. The van der Waals surface area contributed by atoms with Crippen molar-refractivity contribution in [3.63, 3.8) is 0 Å². The van der Waals surface area contributed by atoms with Gasteiger partial charge in [0.15, 0.2) is 0 Å². The first-order chi connectivity index (χ1) is 10.3. The van der Waals surface area contributed by atoms with Crippen molar-refractivity contribution >= 4 is 11.6 Å². The lowest BCUT2D eigenvalue weighted by molar-refractivity contribution is -0.141. The second kappa shape index (κ2) is 8.18. The van der Waals surface area contributed by atoms with Crippen LogP contribution in [-0.4, -0.2) is 25.2 Å². The Morgan fingerprint density at radius 3 is 2.55 bits per heavy atom. The monoisotopic (exact) mass is 307 g/mol. The molecule has 0 heterocycles. The van der Waals surface area contributed by atoms with Gasteiger partial charge in [-0.1, -0.05) is 20.8 Å². The molecule has 1 unspecified atom stereocenters. The van der Waals surface area contributed by atoms with Gasteiger partial charge in [-0.2, -0.15) is 0 Å². The van der Waals surface area contributed by atoms with Gasteiger partial charge in [-0.25, -0.2) is 0 Å². The highest BCUT2D eigenvalue weighted by Gasteiger charge is 2.34. The minimum absolute atomic E-state index is 0.0979. The molecule has 0 aromatic heterocycles. The summed E-state index contributed by atoms with van der Waals surface area (Å²) < 4.78 is 11.1. The molecule has 0 bridgehead atoms. The van der Waals surface area contributed by atoms with Crippen molar-refractivity contribution in [1.82, 2.24) is 0 Å². The fourth-order valence-corrected chi connectivity index (χ4v) is 2.54. The van der Waals surface area contributed by atoms with Crippen LogP contribution in [0.25, 0.3) is 0 Å². The number of hydrogen-bond acceptors (Lipinski definition) is 3. The standard InChI is InChI=1S/C18H29NO3/c1-7-10-22-18(5,12-13(2)3)17(20)19-15-8-9-16(21-6)14(4)11-15/h8-9,11,13H,7,10,12H2,1-6H3,(H,19,20). The van der Waals surface area contributed by atoms with Gasteiger partial charge in [-0.15, -0.1) is 0 Å². The Labute approximate surface area is 134 Å². The van der Waals surface area contributed by atoms with E-state index in [2.05, 4.69) is 19.2 Å². The average molecular weight is 307 g/mol. The lowest BCUT2D eigenvalue weighted by Crippen LogP contribution is -2.44. The maximum atomic E-state index is 12.7. The molecule has 1 N–H and O–H groups in total. The second-order valence-corrected chi connectivity index (χ2v) is 6.32. The SMILES string of the molecule is CCCOC(C)(CC(C)C)C(=O)Nc1ccc(OC)c(C)c1. The molecule has 22 heavy (non-hydrogen) atoms. The van der Waals surface area contributed by atoms with E-state index in [9.17, 15) is 4.79 Å². The fourth-order valence-electron chi connectivity index (χ4n) is 2.54. The largest absolute Gasteiger partial charge is 0.496 e. The van der Waals surface area contributed by atoms with E-state index in [1.807, 2.05) is 39.0 Å².